The summed E-state index contributed by atoms with van der Waals surface area (Å²) in [5, 5.41) is 9.92. The fourth-order valence-corrected chi connectivity index (χ4v) is 4.17. The van der Waals surface area contributed by atoms with E-state index >= 15 is 0 Å². The highest BCUT2D eigenvalue weighted by Crippen LogP contribution is 2.29. The Morgan fingerprint density at radius 2 is 1.35 bits per heavy atom. The number of carbonyl (C=O) groups is 3. The predicted molar refractivity (Wildman–Crippen MR) is 126 cm³/mol. The first-order valence-electron chi connectivity index (χ1n) is 11.1. The molecule has 3 aromatic rings. The molecule has 7 heteroatoms. The van der Waals surface area contributed by atoms with Crippen LogP contribution in [0.2, 0.25) is 0 Å². The summed E-state index contributed by atoms with van der Waals surface area (Å²) in [5.41, 5.74) is 2.41. The predicted octanol–water partition coefficient (Wildman–Crippen LogP) is 3.75. The number of rotatable bonds is 6. The quantitative estimate of drug-likeness (QED) is 0.608. The van der Waals surface area contributed by atoms with Crippen LogP contribution in [0.1, 0.15) is 22.6 Å². The Bertz CT molecular complexity index is 1080. The minimum absolute atomic E-state index is 0.0979. The normalized spacial score (nSPS) is 15.7. The van der Waals surface area contributed by atoms with Gasteiger partial charge in [0.05, 0.1) is 12.5 Å². The van der Waals surface area contributed by atoms with E-state index in [0.29, 0.717) is 0 Å². The van der Waals surface area contributed by atoms with Gasteiger partial charge in [-0.05, 0) is 16.7 Å². The summed E-state index contributed by atoms with van der Waals surface area (Å²) in [6, 6.07) is 26.7. The molecule has 4 rings (SSSR count). The van der Waals surface area contributed by atoms with Gasteiger partial charge in [-0.15, -0.1) is 0 Å². The van der Waals surface area contributed by atoms with Crippen molar-refractivity contribution in [3.05, 3.63) is 108 Å². The molecule has 0 aliphatic carbocycles. The molecule has 0 saturated carbocycles. The molecule has 1 heterocycles. The van der Waals surface area contributed by atoms with Crippen molar-refractivity contribution in [2.45, 2.75) is 18.6 Å². The highest BCUT2D eigenvalue weighted by Gasteiger charge is 2.40. The van der Waals surface area contributed by atoms with Crippen LogP contribution >= 0.6 is 0 Å². The van der Waals surface area contributed by atoms with Crippen molar-refractivity contribution < 1.29 is 24.2 Å². The first kappa shape index (κ1) is 23.0. The van der Waals surface area contributed by atoms with E-state index in [1.165, 1.54) is 9.80 Å². The van der Waals surface area contributed by atoms with E-state index in [2.05, 4.69) is 0 Å². The average Bonchev–Trinajstić information content (AvgIpc) is 2.89. The summed E-state index contributed by atoms with van der Waals surface area (Å²) < 4.78 is 5.37. The van der Waals surface area contributed by atoms with Gasteiger partial charge in [-0.3, -0.25) is 4.79 Å². The van der Waals surface area contributed by atoms with Gasteiger partial charge >= 0.3 is 12.1 Å². The van der Waals surface area contributed by atoms with Crippen molar-refractivity contribution in [1.82, 2.24) is 9.80 Å². The van der Waals surface area contributed by atoms with Gasteiger partial charge in [0.15, 0.2) is 0 Å². The lowest BCUT2D eigenvalue weighted by Gasteiger charge is -2.40. The van der Waals surface area contributed by atoms with E-state index in [1.807, 2.05) is 91.0 Å². The molecule has 7 nitrogen and oxygen atoms in total. The third kappa shape index (κ3) is 5.26. The third-order valence-electron chi connectivity index (χ3n) is 5.92. The monoisotopic (exact) mass is 458 g/mol. The number of nitrogens with zero attached hydrogens (tertiary/aromatic N) is 2. The average molecular weight is 459 g/mol. The summed E-state index contributed by atoms with van der Waals surface area (Å²) in [6.45, 7) is 0.261. The van der Waals surface area contributed by atoms with Crippen LogP contribution in [0.5, 0.6) is 0 Å². The molecular formula is C27H26N2O5. The van der Waals surface area contributed by atoms with Crippen LogP contribution in [0.3, 0.4) is 0 Å². The molecule has 1 fully saturated rings. The number of hydrogen-bond acceptors (Lipinski definition) is 4. The molecule has 1 N–H and O–H groups in total. The molecule has 174 valence electrons. The van der Waals surface area contributed by atoms with E-state index in [4.69, 9.17) is 4.74 Å². The van der Waals surface area contributed by atoms with Crippen molar-refractivity contribution in [2.75, 3.05) is 19.6 Å². The number of carboxylic acid groups (broad SMARTS) is 1. The van der Waals surface area contributed by atoms with Crippen LogP contribution < -0.4 is 0 Å². The standard InChI is InChI=1S/C27H26N2O5/c30-25(24(21-12-6-2-7-13-21)22-14-8-3-9-15-22)29-17-16-28(18-23(29)26(31)32)27(33)34-19-20-10-4-1-5-11-20/h1-15,23-24H,16-19H2,(H,31,32). The van der Waals surface area contributed by atoms with Gasteiger partial charge in [-0.2, -0.15) is 0 Å². The third-order valence-corrected chi connectivity index (χ3v) is 5.92. The lowest BCUT2D eigenvalue weighted by Crippen LogP contribution is -2.60. The van der Waals surface area contributed by atoms with Gasteiger partial charge < -0.3 is 19.6 Å². The minimum Gasteiger partial charge on any atom is -0.480 e. The van der Waals surface area contributed by atoms with Crippen molar-refractivity contribution in [1.29, 1.82) is 0 Å². The number of carbonyl (C=O) groups excluding carboxylic acids is 2. The summed E-state index contributed by atoms with van der Waals surface area (Å²) in [6.07, 6.45) is -0.593. The molecule has 0 bridgehead atoms. The lowest BCUT2D eigenvalue weighted by molar-refractivity contribution is -0.153. The summed E-state index contributed by atoms with van der Waals surface area (Å²) in [4.78, 5) is 41.2. The van der Waals surface area contributed by atoms with E-state index in [0.717, 1.165) is 16.7 Å². The Kier molecular flexibility index (Phi) is 7.22. The fourth-order valence-electron chi connectivity index (χ4n) is 4.17. The molecule has 1 aliphatic rings. The van der Waals surface area contributed by atoms with Crippen LogP contribution in [0.15, 0.2) is 91.0 Å². The van der Waals surface area contributed by atoms with Crippen molar-refractivity contribution in [2.24, 2.45) is 0 Å². The molecular weight excluding hydrogens is 432 g/mol. The molecule has 34 heavy (non-hydrogen) atoms. The van der Waals surface area contributed by atoms with Crippen molar-refractivity contribution in [3.63, 3.8) is 0 Å². The van der Waals surface area contributed by atoms with E-state index in [9.17, 15) is 19.5 Å². The molecule has 0 spiro atoms. The van der Waals surface area contributed by atoms with Crippen LogP contribution in [0.4, 0.5) is 4.79 Å². The maximum absolute atomic E-state index is 13.7. The van der Waals surface area contributed by atoms with Crippen LogP contribution in [-0.2, 0) is 20.9 Å². The van der Waals surface area contributed by atoms with Gasteiger partial charge in [0.25, 0.3) is 0 Å². The second-order valence-electron chi connectivity index (χ2n) is 8.13. The van der Waals surface area contributed by atoms with Crippen LogP contribution in [-0.4, -0.2) is 58.6 Å². The zero-order valence-corrected chi connectivity index (χ0v) is 18.6. The Balaban J connectivity index is 1.51. The number of piperazine rings is 1. The molecule has 1 aliphatic heterocycles. The number of amides is 2. The lowest BCUT2D eigenvalue weighted by atomic mass is 9.89. The molecule has 0 aromatic heterocycles. The van der Waals surface area contributed by atoms with Crippen LogP contribution in [0.25, 0.3) is 0 Å². The molecule has 1 unspecified atom stereocenters. The first-order chi connectivity index (χ1) is 16.5. The largest absolute Gasteiger partial charge is 0.480 e. The maximum Gasteiger partial charge on any atom is 0.410 e. The van der Waals surface area contributed by atoms with E-state index in [-0.39, 0.29) is 32.1 Å². The summed E-state index contributed by atoms with van der Waals surface area (Å²) in [7, 11) is 0. The summed E-state index contributed by atoms with van der Waals surface area (Å²) in [5.74, 6) is -2.10. The molecule has 1 atom stereocenters. The Morgan fingerprint density at radius 3 is 1.88 bits per heavy atom. The van der Waals surface area contributed by atoms with Gasteiger partial charge in [-0.1, -0.05) is 91.0 Å². The van der Waals surface area contributed by atoms with Gasteiger partial charge in [0, 0.05) is 13.1 Å². The zero-order chi connectivity index (χ0) is 23.9. The number of ether oxygens (including phenoxy) is 1. The summed E-state index contributed by atoms with van der Waals surface area (Å²) >= 11 is 0. The number of carboxylic acids is 1. The smallest absolute Gasteiger partial charge is 0.410 e. The highest BCUT2D eigenvalue weighted by molar-refractivity contribution is 5.91. The van der Waals surface area contributed by atoms with Crippen molar-refractivity contribution >= 4 is 18.0 Å². The Labute approximate surface area is 198 Å². The number of hydrogen-bond donors (Lipinski definition) is 1. The Morgan fingerprint density at radius 1 is 0.824 bits per heavy atom. The van der Waals surface area contributed by atoms with Gasteiger partial charge in [0.1, 0.15) is 12.6 Å². The topological polar surface area (TPSA) is 87.2 Å². The van der Waals surface area contributed by atoms with Crippen molar-refractivity contribution in [3.8, 4) is 0 Å². The van der Waals surface area contributed by atoms with E-state index in [1.54, 1.807) is 0 Å². The highest BCUT2D eigenvalue weighted by atomic mass is 16.6. The van der Waals surface area contributed by atoms with Crippen LogP contribution in [0, 0.1) is 0 Å². The molecule has 2 amide bonds. The van der Waals surface area contributed by atoms with Gasteiger partial charge in [0.2, 0.25) is 5.91 Å². The molecule has 3 aromatic carbocycles. The second kappa shape index (κ2) is 10.7. The second-order valence-corrected chi connectivity index (χ2v) is 8.13. The SMILES string of the molecule is O=C(O)C1CN(C(=O)OCc2ccccc2)CCN1C(=O)C(c1ccccc1)c1ccccc1. The number of benzene rings is 3. The minimum atomic E-state index is -1.17. The first-order valence-corrected chi connectivity index (χ1v) is 11.1. The number of aliphatic carboxylic acids is 1. The van der Waals surface area contributed by atoms with Gasteiger partial charge in [-0.25, -0.2) is 9.59 Å². The fraction of sp³-hybridized carbons (Fsp3) is 0.222. The maximum atomic E-state index is 13.7. The zero-order valence-electron chi connectivity index (χ0n) is 18.6. The van der Waals surface area contributed by atoms with E-state index < -0.39 is 24.0 Å². The molecule has 0 radical (unpaired) electrons. The molecule has 1 saturated heterocycles. The Hall–Kier alpha value is -4.13.